The van der Waals surface area contributed by atoms with E-state index in [1.54, 1.807) is 35.2 Å². The van der Waals surface area contributed by atoms with Gasteiger partial charge in [0, 0.05) is 44.8 Å². The Bertz CT molecular complexity index is 992. The first-order valence-corrected chi connectivity index (χ1v) is 10.2. The van der Waals surface area contributed by atoms with Crippen molar-refractivity contribution in [1.29, 1.82) is 0 Å². The minimum Gasteiger partial charge on any atom is -0.459 e. The van der Waals surface area contributed by atoms with Crippen molar-refractivity contribution in [3.63, 3.8) is 0 Å². The molecule has 0 aliphatic carbocycles. The van der Waals surface area contributed by atoms with E-state index in [0.29, 0.717) is 38.4 Å². The minimum atomic E-state index is -0.156. The molecule has 4 rings (SSSR count). The van der Waals surface area contributed by atoms with Crippen LogP contribution in [-0.4, -0.2) is 71.3 Å². The maximum absolute atomic E-state index is 12.8. The van der Waals surface area contributed by atoms with Gasteiger partial charge in [-0.15, -0.1) is 0 Å². The van der Waals surface area contributed by atoms with E-state index >= 15 is 0 Å². The van der Waals surface area contributed by atoms with Gasteiger partial charge in [0.15, 0.2) is 0 Å². The summed E-state index contributed by atoms with van der Waals surface area (Å²) in [4.78, 5) is 35.1. The molecule has 3 aromatic rings. The molecular formula is C23H26N4O3. The molecule has 1 unspecified atom stereocenters. The average molecular weight is 406 g/mol. The van der Waals surface area contributed by atoms with Crippen LogP contribution in [0.3, 0.4) is 0 Å². The highest BCUT2D eigenvalue weighted by Gasteiger charge is 2.26. The van der Waals surface area contributed by atoms with Gasteiger partial charge >= 0.3 is 0 Å². The zero-order valence-corrected chi connectivity index (χ0v) is 17.3. The number of carbonyl (C=O) groups excluding carboxylic acids is 2. The third-order valence-corrected chi connectivity index (χ3v) is 5.73. The molecule has 1 saturated heterocycles. The Kier molecular flexibility index (Phi) is 5.81. The minimum absolute atomic E-state index is 0.0347. The van der Waals surface area contributed by atoms with Crippen molar-refractivity contribution in [2.24, 2.45) is 0 Å². The number of aromatic nitrogens is 1. The van der Waals surface area contributed by atoms with Gasteiger partial charge in [-0.05, 0) is 31.2 Å². The summed E-state index contributed by atoms with van der Waals surface area (Å²) in [6, 6.07) is 15.0. The van der Waals surface area contributed by atoms with Crippen molar-refractivity contribution < 1.29 is 14.0 Å². The highest BCUT2D eigenvalue weighted by molar-refractivity contribution is 5.92. The molecule has 30 heavy (non-hydrogen) atoms. The quantitative estimate of drug-likeness (QED) is 0.652. The van der Waals surface area contributed by atoms with Crippen LogP contribution in [0.2, 0.25) is 0 Å². The van der Waals surface area contributed by atoms with Gasteiger partial charge in [0.05, 0.1) is 12.6 Å². The fourth-order valence-corrected chi connectivity index (χ4v) is 3.68. The number of amides is 2. The van der Waals surface area contributed by atoms with Crippen LogP contribution in [0.4, 0.5) is 0 Å². The number of benzene rings is 1. The Hall–Kier alpha value is -3.19. The molecule has 2 aromatic heterocycles. The van der Waals surface area contributed by atoms with Crippen LogP contribution in [0.1, 0.15) is 29.2 Å². The average Bonchev–Trinajstić information content (AvgIpc) is 3.23. The monoisotopic (exact) mass is 406 g/mol. The van der Waals surface area contributed by atoms with Crippen molar-refractivity contribution in [2.45, 2.75) is 13.0 Å². The fourth-order valence-electron chi connectivity index (χ4n) is 3.68. The molecule has 1 fully saturated rings. The third-order valence-electron chi connectivity index (χ3n) is 5.73. The lowest BCUT2D eigenvalue weighted by Crippen LogP contribution is -2.51. The maximum Gasteiger partial charge on any atom is 0.272 e. The fraction of sp³-hybridized carbons (Fsp3) is 0.348. The van der Waals surface area contributed by atoms with Crippen LogP contribution in [0, 0.1) is 0 Å². The summed E-state index contributed by atoms with van der Waals surface area (Å²) in [5, 5.41) is 1.04. The first-order valence-electron chi connectivity index (χ1n) is 10.2. The summed E-state index contributed by atoms with van der Waals surface area (Å²) < 4.78 is 5.92. The van der Waals surface area contributed by atoms with Gasteiger partial charge in [0.1, 0.15) is 17.0 Å². The molecule has 1 aliphatic rings. The summed E-state index contributed by atoms with van der Waals surface area (Å²) >= 11 is 0. The number of nitrogens with zero attached hydrogens (tertiary/aromatic N) is 4. The van der Waals surface area contributed by atoms with Gasteiger partial charge < -0.3 is 14.2 Å². The van der Waals surface area contributed by atoms with Crippen LogP contribution in [0.25, 0.3) is 11.0 Å². The number of hydrogen-bond acceptors (Lipinski definition) is 5. The Morgan fingerprint density at radius 1 is 1.10 bits per heavy atom. The SMILES string of the molecule is CC(c1cc2ccccc2o1)N(C)C(=O)CN1CCN(C(=O)c2ccccn2)CC1. The normalized spacial score (nSPS) is 15.9. The van der Waals surface area contributed by atoms with E-state index in [2.05, 4.69) is 9.88 Å². The molecule has 0 radical (unpaired) electrons. The number of furan rings is 1. The van der Waals surface area contributed by atoms with Crippen molar-refractivity contribution in [3.05, 3.63) is 66.2 Å². The van der Waals surface area contributed by atoms with E-state index < -0.39 is 0 Å². The number of carbonyl (C=O) groups is 2. The summed E-state index contributed by atoms with van der Waals surface area (Å²) in [5.41, 5.74) is 1.29. The molecule has 1 aliphatic heterocycles. The summed E-state index contributed by atoms with van der Waals surface area (Å²) in [7, 11) is 1.81. The van der Waals surface area contributed by atoms with Crippen LogP contribution in [0.15, 0.2) is 59.1 Å². The third kappa shape index (κ3) is 4.21. The van der Waals surface area contributed by atoms with E-state index in [0.717, 1.165) is 16.7 Å². The largest absolute Gasteiger partial charge is 0.459 e. The Labute approximate surface area is 175 Å². The maximum atomic E-state index is 12.8. The Balaban J connectivity index is 1.31. The molecule has 0 bridgehead atoms. The standard InChI is InChI=1S/C23H26N4O3/c1-17(21-15-18-7-3-4-9-20(18)30-21)25(2)22(28)16-26-11-13-27(14-12-26)23(29)19-8-5-6-10-24-19/h3-10,15,17H,11-14,16H2,1-2H3. The van der Waals surface area contributed by atoms with Crippen molar-refractivity contribution in [3.8, 4) is 0 Å². The number of para-hydroxylation sites is 1. The number of piperazine rings is 1. The van der Waals surface area contributed by atoms with Gasteiger partial charge in [-0.25, -0.2) is 0 Å². The molecule has 1 atom stereocenters. The van der Waals surface area contributed by atoms with Crippen LogP contribution >= 0.6 is 0 Å². The van der Waals surface area contributed by atoms with Crippen molar-refractivity contribution in [2.75, 3.05) is 39.8 Å². The molecule has 7 heteroatoms. The van der Waals surface area contributed by atoms with Gasteiger partial charge in [-0.1, -0.05) is 24.3 Å². The van der Waals surface area contributed by atoms with E-state index in [-0.39, 0.29) is 17.9 Å². The van der Waals surface area contributed by atoms with E-state index in [9.17, 15) is 9.59 Å². The van der Waals surface area contributed by atoms with E-state index in [1.807, 2.05) is 43.3 Å². The highest BCUT2D eigenvalue weighted by atomic mass is 16.3. The number of pyridine rings is 1. The number of hydrogen-bond donors (Lipinski definition) is 0. The zero-order chi connectivity index (χ0) is 21.1. The van der Waals surface area contributed by atoms with E-state index in [1.165, 1.54) is 0 Å². The summed E-state index contributed by atoms with van der Waals surface area (Å²) in [6.45, 7) is 4.80. The molecule has 0 N–H and O–H groups in total. The molecule has 7 nitrogen and oxygen atoms in total. The summed E-state index contributed by atoms with van der Waals surface area (Å²) in [6.07, 6.45) is 1.63. The lowest BCUT2D eigenvalue weighted by Gasteiger charge is -2.35. The second-order valence-corrected chi connectivity index (χ2v) is 7.65. The van der Waals surface area contributed by atoms with Gasteiger partial charge in [-0.3, -0.25) is 19.5 Å². The second-order valence-electron chi connectivity index (χ2n) is 7.65. The molecule has 0 spiro atoms. The molecule has 2 amide bonds. The molecular weight excluding hydrogens is 380 g/mol. The predicted molar refractivity (Wildman–Crippen MR) is 114 cm³/mol. The van der Waals surface area contributed by atoms with Crippen molar-refractivity contribution in [1.82, 2.24) is 19.7 Å². The van der Waals surface area contributed by atoms with Gasteiger partial charge in [0.2, 0.25) is 5.91 Å². The highest BCUT2D eigenvalue weighted by Crippen LogP contribution is 2.26. The van der Waals surface area contributed by atoms with E-state index in [4.69, 9.17) is 4.42 Å². The predicted octanol–water partition coefficient (Wildman–Crippen LogP) is 2.81. The Morgan fingerprint density at radius 2 is 1.83 bits per heavy atom. The lowest BCUT2D eigenvalue weighted by molar-refractivity contribution is -0.133. The lowest BCUT2D eigenvalue weighted by atomic mass is 10.2. The number of fused-ring (bicyclic) bond motifs is 1. The molecule has 0 saturated carbocycles. The summed E-state index contributed by atoms with van der Waals surface area (Å²) in [5.74, 6) is 0.752. The Morgan fingerprint density at radius 3 is 2.53 bits per heavy atom. The van der Waals surface area contributed by atoms with Crippen molar-refractivity contribution >= 4 is 22.8 Å². The van der Waals surface area contributed by atoms with Gasteiger partial charge in [-0.2, -0.15) is 0 Å². The first-order chi connectivity index (χ1) is 14.5. The number of likely N-dealkylation sites (N-methyl/N-ethyl adjacent to an activating group) is 1. The number of rotatable bonds is 5. The molecule has 1 aromatic carbocycles. The zero-order valence-electron chi connectivity index (χ0n) is 17.3. The topological polar surface area (TPSA) is 69.9 Å². The smallest absolute Gasteiger partial charge is 0.272 e. The van der Waals surface area contributed by atoms with Crippen LogP contribution in [-0.2, 0) is 4.79 Å². The van der Waals surface area contributed by atoms with Crippen LogP contribution < -0.4 is 0 Å². The molecule has 156 valence electrons. The molecule has 3 heterocycles. The second kappa shape index (κ2) is 8.67. The van der Waals surface area contributed by atoms with Gasteiger partial charge in [0.25, 0.3) is 5.91 Å². The first kappa shape index (κ1) is 20.1. The van der Waals surface area contributed by atoms with Crippen LogP contribution in [0.5, 0.6) is 0 Å².